The molecule has 1 rings (SSSR count). The van der Waals surface area contributed by atoms with Crippen molar-refractivity contribution in [3.63, 3.8) is 0 Å². The lowest BCUT2D eigenvalue weighted by Gasteiger charge is -2.26. The third-order valence-corrected chi connectivity index (χ3v) is 2.92. The predicted molar refractivity (Wildman–Crippen MR) is 68.3 cm³/mol. The summed E-state index contributed by atoms with van der Waals surface area (Å²) in [4.78, 5) is 11.7. The lowest BCUT2D eigenvalue weighted by atomic mass is 9.83. The molecule has 1 aromatic rings. The zero-order valence-electron chi connectivity index (χ0n) is 11.4. The van der Waals surface area contributed by atoms with E-state index >= 15 is 0 Å². The van der Waals surface area contributed by atoms with Crippen LogP contribution in [0.4, 0.5) is 8.78 Å². The number of carbonyl (C=O) groups is 1. The van der Waals surface area contributed by atoms with Gasteiger partial charge in [0.2, 0.25) is 0 Å². The number of hydrogen-bond donors (Lipinski definition) is 1. The van der Waals surface area contributed by atoms with E-state index in [0.29, 0.717) is 0 Å². The highest BCUT2D eigenvalue weighted by atomic mass is 19.1. The molecule has 0 aliphatic heterocycles. The molecule has 0 fully saturated rings. The summed E-state index contributed by atoms with van der Waals surface area (Å²) in [5.74, 6) is -1.74. The highest BCUT2D eigenvalue weighted by molar-refractivity contribution is 5.75. The molecule has 0 radical (unpaired) electrons. The molecular weight excluding hydrogens is 252 g/mol. The van der Waals surface area contributed by atoms with Gasteiger partial charge in [-0.2, -0.15) is 0 Å². The lowest BCUT2D eigenvalue weighted by molar-refractivity contribution is -0.154. The van der Waals surface area contributed by atoms with Crippen LogP contribution >= 0.6 is 0 Å². The monoisotopic (exact) mass is 271 g/mol. The summed E-state index contributed by atoms with van der Waals surface area (Å²) in [6, 6.07) is 2.54. The zero-order valence-corrected chi connectivity index (χ0v) is 11.4. The maximum absolute atomic E-state index is 13.6. The molecule has 19 heavy (non-hydrogen) atoms. The van der Waals surface area contributed by atoms with E-state index in [1.165, 1.54) is 6.07 Å². The number of rotatable bonds is 5. The zero-order chi connectivity index (χ0) is 14.6. The molecule has 0 saturated heterocycles. The standard InChI is InChI=1S/C14H19F2NO2/c1-4-19-13(18)14(2,3)8-12(17)10-6-5-9(15)7-11(10)16/h5-7,12H,4,8,17H2,1-3H3. The first-order valence-electron chi connectivity index (χ1n) is 6.15. The van der Waals surface area contributed by atoms with Gasteiger partial charge in [0, 0.05) is 17.7 Å². The van der Waals surface area contributed by atoms with Crippen LogP contribution in [-0.2, 0) is 9.53 Å². The van der Waals surface area contributed by atoms with Crippen LogP contribution in [0.2, 0.25) is 0 Å². The fourth-order valence-electron chi connectivity index (χ4n) is 1.87. The largest absolute Gasteiger partial charge is 0.466 e. The second kappa shape index (κ2) is 6.10. The van der Waals surface area contributed by atoms with E-state index in [0.717, 1.165) is 12.1 Å². The minimum absolute atomic E-state index is 0.193. The quantitative estimate of drug-likeness (QED) is 0.838. The summed E-state index contributed by atoms with van der Waals surface area (Å²) in [5.41, 5.74) is 5.27. The first-order valence-corrected chi connectivity index (χ1v) is 6.15. The smallest absolute Gasteiger partial charge is 0.311 e. The lowest BCUT2D eigenvalue weighted by Crippen LogP contribution is -2.31. The third-order valence-electron chi connectivity index (χ3n) is 2.92. The summed E-state index contributed by atoms with van der Waals surface area (Å²) in [7, 11) is 0. The Morgan fingerprint density at radius 3 is 2.58 bits per heavy atom. The second-order valence-electron chi connectivity index (χ2n) is 5.08. The van der Waals surface area contributed by atoms with Gasteiger partial charge in [-0.25, -0.2) is 8.78 Å². The van der Waals surface area contributed by atoms with Crippen LogP contribution in [-0.4, -0.2) is 12.6 Å². The molecule has 1 atom stereocenters. The van der Waals surface area contributed by atoms with Crippen LogP contribution in [0.25, 0.3) is 0 Å². The Hall–Kier alpha value is -1.49. The van der Waals surface area contributed by atoms with Gasteiger partial charge < -0.3 is 10.5 Å². The molecule has 3 nitrogen and oxygen atoms in total. The van der Waals surface area contributed by atoms with Crippen LogP contribution in [0.1, 0.15) is 38.8 Å². The van der Waals surface area contributed by atoms with Gasteiger partial charge in [0.15, 0.2) is 0 Å². The summed E-state index contributed by atoms with van der Waals surface area (Å²) in [5, 5.41) is 0. The highest BCUT2D eigenvalue weighted by Crippen LogP contribution is 2.31. The van der Waals surface area contributed by atoms with Gasteiger partial charge >= 0.3 is 5.97 Å². The Balaban J connectivity index is 2.84. The number of ether oxygens (including phenoxy) is 1. The van der Waals surface area contributed by atoms with Crippen LogP contribution in [0, 0.1) is 17.0 Å². The minimum atomic E-state index is -0.823. The topological polar surface area (TPSA) is 52.3 Å². The van der Waals surface area contributed by atoms with Crippen molar-refractivity contribution in [3.8, 4) is 0 Å². The van der Waals surface area contributed by atoms with Gasteiger partial charge in [0.1, 0.15) is 11.6 Å². The first kappa shape index (κ1) is 15.6. The van der Waals surface area contributed by atoms with Crippen molar-refractivity contribution in [2.24, 2.45) is 11.1 Å². The molecule has 106 valence electrons. The molecule has 5 heteroatoms. The van der Waals surface area contributed by atoms with Crippen molar-refractivity contribution in [1.29, 1.82) is 0 Å². The fraction of sp³-hybridized carbons (Fsp3) is 0.500. The molecule has 0 bridgehead atoms. The van der Waals surface area contributed by atoms with Crippen molar-refractivity contribution in [2.45, 2.75) is 33.2 Å². The molecule has 0 aliphatic carbocycles. The van der Waals surface area contributed by atoms with Crippen LogP contribution in [0.5, 0.6) is 0 Å². The van der Waals surface area contributed by atoms with Crippen molar-refractivity contribution in [1.82, 2.24) is 0 Å². The van der Waals surface area contributed by atoms with Gasteiger partial charge in [-0.1, -0.05) is 6.07 Å². The molecule has 2 N–H and O–H groups in total. The van der Waals surface area contributed by atoms with E-state index in [-0.39, 0.29) is 24.6 Å². The summed E-state index contributed by atoms with van der Waals surface area (Å²) in [6.45, 7) is 5.37. The second-order valence-corrected chi connectivity index (χ2v) is 5.08. The van der Waals surface area contributed by atoms with Crippen molar-refractivity contribution < 1.29 is 18.3 Å². The molecule has 0 aliphatic rings. The fourth-order valence-corrected chi connectivity index (χ4v) is 1.87. The summed E-state index contributed by atoms with van der Waals surface area (Å²) in [6.07, 6.45) is 0.217. The Morgan fingerprint density at radius 1 is 1.42 bits per heavy atom. The van der Waals surface area contributed by atoms with Gasteiger partial charge in [0.05, 0.1) is 12.0 Å². The number of hydrogen-bond acceptors (Lipinski definition) is 3. The maximum Gasteiger partial charge on any atom is 0.311 e. The number of halogens is 2. The number of nitrogens with two attached hydrogens (primary N) is 1. The predicted octanol–water partition coefficient (Wildman–Crippen LogP) is 2.94. The van der Waals surface area contributed by atoms with Crippen LogP contribution in [0.15, 0.2) is 18.2 Å². The summed E-state index contributed by atoms with van der Waals surface area (Å²) < 4.78 is 31.4. The van der Waals surface area contributed by atoms with Crippen molar-refractivity contribution in [3.05, 3.63) is 35.4 Å². The van der Waals surface area contributed by atoms with Crippen molar-refractivity contribution >= 4 is 5.97 Å². The van der Waals surface area contributed by atoms with Gasteiger partial charge in [-0.15, -0.1) is 0 Å². The maximum atomic E-state index is 13.6. The van der Waals surface area contributed by atoms with E-state index in [9.17, 15) is 13.6 Å². The van der Waals surface area contributed by atoms with Crippen molar-refractivity contribution in [2.75, 3.05) is 6.61 Å². The van der Waals surface area contributed by atoms with E-state index in [1.807, 2.05) is 0 Å². The average molecular weight is 271 g/mol. The van der Waals surface area contributed by atoms with Gasteiger partial charge in [-0.3, -0.25) is 4.79 Å². The molecule has 0 heterocycles. The molecular formula is C14H19F2NO2. The Labute approximate surface area is 111 Å². The average Bonchev–Trinajstić information content (AvgIpc) is 2.28. The molecule has 0 saturated carbocycles. The highest BCUT2D eigenvalue weighted by Gasteiger charge is 2.32. The summed E-state index contributed by atoms with van der Waals surface area (Å²) >= 11 is 0. The molecule has 0 aromatic heterocycles. The van der Waals surface area contributed by atoms with E-state index in [2.05, 4.69) is 0 Å². The van der Waals surface area contributed by atoms with Gasteiger partial charge in [-0.05, 0) is 33.3 Å². The normalized spacial score (nSPS) is 13.2. The molecule has 0 amide bonds. The number of esters is 1. The minimum Gasteiger partial charge on any atom is -0.466 e. The molecule has 1 unspecified atom stereocenters. The number of carbonyl (C=O) groups excluding carboxylic acids is 1. The van der Waals surface area contributed by atoms with E-state index < -0.39 is 23.1 Å². The Bertz CT molecular complexity index is 461. The van der Waals surface area contributed by atoms with Crippen LogP contribution in [0.3, 0.4) is 0 Å². The van der Waals surface area contributed by atoms with Gasteiger partial charge in [0.25, 0.3) is 0 Å². The van der Waals surface area contributed by atoms with E-state index in [4.69, 9.17) is 10.5 Å². The van der Waals surface area contributed by atoms with Crippen LogP contribution < -0.4 is 5.73 Å². The molecule has 1 aromatic carbocycles. The first-order chi connectivity index (χ1) is 8.77. The van der Waals surface area contributed by atoms with E-state index in [1.54, 1.807) is 20.8 Å². The number of benzene rings is 1. The third kappa shape index (κ3) is 3.99. The SMILES string of the molecule is CCOC(=O)C(C)(C)CC(N)c1ccc(F)cc1F. The molecule has 0 spiro atoms. The Morgan fingerprint density at radius 2 is 2.05 bits per heavy atom. The Kier molecular flexibility index (Phi) is 5.00.